The standard InChI is InChI=1S/C9H12N6/c1-15-5-2-7(14-15)9(13-10)8-6-11-3-4-12-8/h2-6,9,13H,10H2,1H3. The number of rotatable bonds is 3. The molecule has 0 aliphatic carbocycles. The Bertz CT molecular complexity index is 423. The summed E-state index contributed by atoms with van der Waals surface area (Å²) >= 11 is 0. The quantitative estimate of drug-likeness (QED) is 0.533. The van der Waals surface area contributed by atoms with E-state index < -0.39 is 0 Å². The number of hydrogen-bond acceptors (Lipinski definition) is 5. The van der Waals surface area contributed by atoms with Crippen LogP contribution in [0, 0.1) is 0 Å². The van der Waals surface area contributed by atoms with Gasteiger partial charge in [-0.2, -0.15) is 5.10 Å². The topological polar surface area (TPSA) is 81.7 Å². The van der Waals surface area contributed by atoms with Crippen LogP contribution in [0.25, 0.3) is 0 Å². The Balaban J connectivity index is 2.33. The van der Waals surface area contributed by atoms with E-state index in [0.29, 0.717) is 0 Å². The van der Waals surface area contributed by atoms with Gasteiger partial charge in [0.1, 0.15) is 6.04 Å². The fourth-order valence-corrected chi connectivity index (χ4v) is 1.37. The monoisotopic (exact) mass is 204 g/mol. The molecular weight excluding hydrogens is 192 g/mol. The highest BCUT2D eigenvalue weighted by Gasteiger charge is 2.15. The summed E-state index contributed by atoms with van der Waals surface area (Å²) in [5, 5.41) is 4.26. The molecule has 0 aromatic carbocycles. The maximum atomic E-state index is 5.48. The first-order chi connectivity index (χ1) is 7.31. The Hall–Kier alpha value is -1.79. The Kier molecular flexibility index (Phi) is 2.70. The smallest absolute Gasteiger partial charge is 0.109 e. The lowest BCUT2D eigenvalue weighted by atomic mass is 10.1. The van der Waals surface area contributed by atoms with Crippen LogP contribution in [-0.4, -0.2) is 19.7 Å². The van der Waals surface area contributed by atoms with Gasteiger partial charge in [-0.25, -0.2) is 5.43 Å². The van der Waals surface area contributed by atoms with Gasteiger partial charge >= 0.3 is 0 Å². The SMILES string of the molecule is Cn1ccc(C(NN)c2cnccn2)n1. The van der Waals surface area contributed by atoms with Crippen LogP contribution in [0.3, 0.4) is 0 Å². The Morgan fingerprint density at radius 3 is 2.80 bits per heavy atom. The van der Waals surface area contributed by atoms with Gasteiger partial charge < -0.3 is 0 Å². The average molecular weight is 204 g/mol. The van der Waals surface area contributed by atoms with Crippen molar-refractivity contribution in [2.75, 3.05) is 0 Å². The first-order valence-electron chi connectivity index (χ1n) is 4.53. The van der Waals surface area contributed by atoms with Gasteiger partial charge in [0.25, 0.3) is 0 Å². The van der Waals surface area contributed by atoms with Crippen molar-refractivity contribution in [2.24, 2.45) is 12.9 Å². The largest absolute Gasteiger partial charge is 0.275 e. The molecular formula is C9H12N6. The normalized spacial score (nSPS) is 12.7. The molecule has 3 N–H and O–H groups in total. The van der Waals surface area contributed by atoms with Crippen molar-refractivity contribution in [3.63, 3.8) is 0 Å². The van der Waals surface area contributed by atoms with E-state index in [1.807, 2.05) is 19.3 Å². The van der Waals surface area contributed by atoms with Crippen LogP contribution < -0.4 is 11.3 Å². The van der Waals surface area contributed by atoms with Crippen molar-refractivity contribution < 1.29 is 0 Å². The molecule has 6 heteroatoms. The molecule has 6 nitrogen and oxygen atoms in total. The second-order valence-corrected chi connectivity index (χ2v) is 3.14. The lowest BCUT2D eigenvalue weighted by molar-refractivity contribution is 0.588. The summed E-state index contributed by atoms with van der Waals surface area (Å²) in [6.45, 7) is 0. The summed E-state index contributed by atoms with van der Waals surface area (Å²) in [7, 11) is 1.85. The molecule has 0 spiro atoms. The second-order valence-electron chi connectivity index (χ2n) is 3.14. The molecule has 0 amide bonds. The molecule has 78 valence electrons. The van der Waals surface area contributed by atoms with Crippen LogP contribution in [0.4, 0.5) is 0 Å². The van der Waals surface area contributed by atoms with Crippen LogP contribution in [0.5, 0.6) is 0 Å². The molecule has 15 heavy (non-hydrogen) atoms. The van der Waals surface area contributed by atoms with Gasteiger partial charge in [-0.3, -0.25) is 20.5 Å². The highest BCUT2D eigenvalue weighted by Crippen LogP contribution is 2.15. The van der Waals surface area contributed by atoms with Crippen LogP contribution in [0.15, 0.2) is 30.9 Å². The molecule has 0 saturated heterocycles. The minimum absolute atomic E-state index is 0.222. The van der Waals surface area contributed by atoms with Gasteiger partial charge in [-0.1, -0.05) is 0 Å². The summed E-state index contributed by atoms with van der Waals surface area (Å²) in [5.74, 6) is 5.48. The molecule has 0 radical (unpaired) electrons. The van der Waals surface area contributed by atoms with E-state index >= 15 is 0 Å². The van der Waals surface area contributed by atoms with E-state index in [9.17, 15) is 0 Å². The van der Waals surface area contributed by atoms with E-state index in [1.165, 1.54) is 0 Å². The van der Waals surface area contributed by atoms with E-state index in [-0.39, 0.29) is 6.04 Å². The van der Waals surface area contributed by atoms with E-state index in [0.717, 1.165) is 11.4 Å². The molecule has 2 aromatic rings. The average Bonchev–Trinajstić information content (AvgIpc) is 2.68. The minimum atomic E-state index is -0.222. The summed E-state index contributed by atoms with van der Waals surface area (Å²) < 4.78 is 1.72. The molecule has 2 heterocycles. The molecule has 0 fully saturated rings. The van der Waals surface area contributed by atoms with Crippen molar-refractivity contribution in [2.45, 2.75) is 6.04 Å². The third kappa shape index (κ3) is 2.00. The third-order valence-electron chi connectivity index (χ3n) is 2.08. The van der Waals surface area contributed by atoms with Crippen molar-refractivity contribution in [1.29, 1.82) is 0 Å². The maximum Gasteiger partial charge on any atom is 0.109 e. The first-order valence-corrected chi connectivity index (χ1v) is 4.53. The maximum absolute atomic E-state index is 5.48. The second kappa shape index (κ2) is 4.16. The number of hydrogen-bond donors (Lipinski definition) is 2. The summed E-state index contributed by atoms with van der Waals surface area (Å²) in [6.07, 6.45) is 6.77. The number of nitrogens with two attached hydrogens (primary N) is 1. The van der Waals surface area contributed by atoms with E-state index in [4.69, 9.17) is 5.84 Å². The van der Waals surface area contributed by atoms with Gasteiger partial charge in [0, 0.05) is 25.6 Å². The zero-order valence-electron chi connectivity index (χ0n) is 8.33. The third-order valence-corrected chi connectivity index (χ3v) is 2.08. The molecule has 1 atom stereocenters. The van der Waals surface area contributed by atoms with Crippen molar-refractivity contribution in [3.05, 3.63) is 42.2 Å². The van der Waals surface area contributed by atoms with E-state index in [1.54, 1.807) is 23.3 Å². The Labute approximate surface area is 87.1 Å². The Morgan fingerprint density at radius 1 is 1.40 bits per heavy atom. The lowest BCUT2D eigenvalue weighted by Gasteiger charge is -2.11. The molecule has 0 aliphatic heterocycles. The highest BCUT2D eigenvalue weighted by molar-refractivity contribution is 5.17. The fraction of sp³-hybridized carbons (Fsp3) is 0.222. The van der Waals surface area contributed by atoms with Gasteiger partial charge in [0.15, 0.2) is 0 Å². The highest BCUT2D eigenvalue weighted by atomic mass is 15.3. The summed E-state index contributed by atoms with van der Waals surface area (Å²) in [4.78, 5) is 8.17. The van der Waals surface area contributed by atoms with Crippen LogP contribution in [0.2, 0.25) is 0 Å². The summed E-state index contributed by atoms with van der Waals surface area (Å²) in [6, 6.07) is 1.67. The number of nitrogens with zero attached hydrogens (tertiary/aromatic N) is 4. The predicted octanol–water partition coefficient (Wildman–Crippen LogP) is -0.237. The van der Waals surface area contributed by atoms with Crippen molar-refractivity contribution in [3.8, 4) is 0 Å². The van der Waals surface area contributed by atoms with Gasteiger partial charge in [0.05, 0.1) is 17.6 Å². The summed E-state index contributed by atoms with van der Waals surface area (Å²) in [5.41, 5.74) is 4.24. The van der Waals surface area contributed by atoms with Crippen molar-refractivity contribution in [1.82, 2.24) is 25.2 Å². The molecule has 0 aliphatic rings. The number of aryl methyl sites for hydroxylation is 1. The predicted molar refractivity (Wildman–Crippen MR) is 54.4 cm³/mol. The van der Waals surface area contributed by atoms with Gasteiger partial charge in [-0.05, 0) is 6.07 Å². The lowest BCUT2D eigenvalue weighted by Crippen LogP contribution is -2.30. The van der Waals surface area contributed by atoms with Crippen LogP contribution >= 0.6 is 0 Å². The molecule has 2 rings (SSSR count). The zero-order chi connectivity index (χ0) is 10.7. The number of nitrogens with one attached hydrogen (secondary N) is 1. The number of hydrazine groups is 1. The van der Waals surface area contributed by atoms with Gasteiger partial charge in [-0.15, -0.1) is 0 Å². The van der Waals surface area contributed by atoms with Crippen LogP contribution in [-0.2, 0) is 7.05 Å². The molecule has 0 bridgehead atoms. The molecule has 1 unspecified atom stereocenters. The van der Waals surface area contributed by atoms with Crippen molar-refractivity contribution >= 4 is 0 Å². The Morgan fingerprint density at radius 2 is 2.27 bits per heavy atom. The molecule has 2 aromatic heterocycles. The fourth-order valence-electron chi connectivity index (χ4n) is 1.37. The van der Waals surface area contributed by atoms with Crippen LogP contribution in [0.1, 0.15) is 17.4 Å². The zero-order valence-corrected chi connectivity index (χ0v) is 8.33. The van der Waals surface area contributed by atoms with Gasteiger partial charge in [0.2, 0.25) is 0 Å². The first kappa shape index (κ1) is 9.75. The number of aromatic nitrogens is 4. The van der Waals surface area contributed by atoms with E-state index in [2.05, 4.69) is 20.5 Å². The molecule has 0 saturated carbocycles. The minimum Gasteiger partial charge on any atom is -0.275 e.